The molecule has 3 unspecified atom stereocenters. The zero-order valence-corrected chi connectivity index (χ0v) is 9.00. The van der Waals surface area contributed by atoms with Gasteiger partial charge in [0.2, 0.25) is 0 Å². The van der Waals surface area contributed by atoms with Gasteiger partial charge in [0, 0.05) is 12.4 Å². The zero-order chi connectivity index (χ0) is 11.7. The molecule has 8 heteroatoms. The molecule has 5 N–H and O–H groups in total. The molecule has 0 saturated carbocycles. The predicted molar refractivity (Wildman–Crippen MR) is 59.0 cm³/mol. The number of hydrogen-bond donors (Lipinski definition) is 3. The van der Waals surface area contributed by atoms with Crippen LogP contribution in [0.3, 0.4) is 0 Å². The predicted octanol–water partition coefficient (Wildman–Crippen LogP) is -1.30. The highest BCUT2D eigenvalue weighted by Crippen LogP contribution is 2.08. The van der Waals surface area contributed by atoms with Crippen molar-refractivity contribution in [1.29, 1.82) is 0 Å². The van der Waals surface area contributed by atoms with Crippen LogP contribution in [0.4, 0.5) is 0 Å². The minimum atomic E-state index is -0.767. The van der Waals surface area contributed by atoms with Gasteiger partial charge in [-0.25, -0.2) is 9.98 Å². The fourth-order valence-electron chi connectivity index (χ4n) is 1.39. The first-order chi connectivity index (χ1) is 7.59. The summed E-state index contributed by atoms with van der Waals surface area (Å²) in [7, 11) is 0. The largest absolute Gasteiger partial charge is 0.386 e. The maximum Gasteiger partial charge on any atom is 0.256 e. The van der Waals surface area contributed by atoms with Gasteiger partial charge in [-0.3, -0.25) is 14.7 Å². The molecule has 2 heterocycles. The lowest BCUT2D eigenvalue weighted by atomic mass is 10.2. The van der Waals surface area contributed by atoms with Crippen LogP contribution in [0.5, 0.6) is 0 Å². The van der Waals surface area contributed by atoms with Gasteiger partial charge in [0.15, 0.2) is 0 Å². The first-order valence-corrected chi connectivity index (χ1v) is 5.04. The molecule has 0 bridgehead atoms. The molecule has 0 aromatic carbocycles. The Labute approximate surface area is 96.5 Å². The van der Waals surface area contributed by atoms with Crippen molar-refractivity contribution < 1.29 is 4.79 Å². The summed E-state index contributed by atoms with van der Waals surface area (Å²) in [5, 5.41) is 2.79. The smallest absolute Gasteiger partial charge is 0.256 e. The summed E-state index contributed by atoms with van der Waals surface area (Å²) in [6.07, 6.45) is 3.76. The number of carbonyl (C=O) groups is 1. The standard InChI is InChI=1S/C8H11ClN6O/c9-5-7(11)14-6(10)4(13-5)8(16)15-2-1-12-3-15/h1-5,7,13H,11H2,(H2,10,14). The third-order valence-electron chi connectivity index (χ3n) is 2.23. The Morgan fingerprint density at radius 2 is 2.38 bits per heavy atom. The SMILES string of the molecule is NC1=NC(N)C(Cl)NC1C(=O)n1ccnc1. The van der Waals surface area contributed by atoms with Crippen LogP contribution in [-0.4, -0.2) is 39.0 Å². The number of alkyl halides is 1. The van der Waals surface area contributed by atoms with E-state index in [1.165, 1.54) is 23.3 Å². The summed E-state index contributed by atoms with van der Waals surface area (Å²) < 4.78 is 1.31. The van der Waals surface area contributed by atoms with Crippen LogP contribution in [0.1, 0.15) is 4.79 Å². The molecule has 7 nitrogen and oxygen atoms in total. The maximum absolute atomic E-state index is 11.9. The van der Waals surface area contributed by atoms with Crippen LogP contribution in [0, 0.1) is 0 Å². The Morgan fingerprint density at radius 3 is 3.00 bits per heavy atom. The second-order valence-electron chi connectivity index (χ2n) is 3.35. The minimum absolute atomic E-state index is 0.128. The number of halogens is 1. The Balaban J connectivity index is 2.22. The number of aromatic nitrogens is 2. The summed E-state index contributed by atoms with van der Waals surface area (Å²) in [6, 6.07) is -0.767. The number of amidine groups is 1. The summed E-state index contributed by atoms with van der Waals surface area (Å²) in [5.74, 6) is -0.167. The molecular formula is C8H11ClN6O. The fourth-order valence-corrected chi connectivity index (χ4v) is 1.57. The number of nitrogens with two attached hydrogens (primary N) is 2. The number of imidazole rings is 1. The van der Waals surface area contributed by atoms with E-state index in [-0.39, 0.29) is 11.7 Å². The number of aliphatic imine (C=N–C) groups is 1. The van der Waals surface area contributed by atoms with E-state index in [0.29, 0.717) is 0 Å². The molecule has 1 aromatic heterocycles. The van der Waals surface area contributed by atoms with Crippen molar-refractivity contribution in [2.45, 2.75) is 17.7 Å². The van der Waals surface area contributed by atoms with Crippen molar-refractivity contribution in [2.24, 2.45) is 16.5 Å². The van der Waals surface area contributed by atoms with Gasteiger partial charge in [0.25, 0.3) is 5.91 Å². The van der Waals surface area contributed by atoms with Crippen LogP contribution < -0.4 is 16.8 Å². The van der Waals surface area contributed by atoms with Crippen LogP contribution in [0.25, 0.3) is 0 Å². The average Bonchev–Trinajstić information content (AvgIpc) is 2.75. The second kappa shape index (κ2) is 4.20. The van der Waals surface area contributed by atoms with Gasteiger partial charge in [-0.05, 0) is 0 Å². The summed E-state index contributed by atoms with van der Waals surface area (Å²) >= 11 is 5.86. The van der Waals surface area contributed by atoms with E-state index >= 15 is 0 Å². The normalized spacial score (nSPS) is 29.9. The zero-order valence-electron chi connectivity index (χ0n) is 8.25. The van der Waals surface area contributed by atoms with Gasteiger partial charge in [-0.2, -0.15) is 0 Å². The molecule has 0 saturated heterocycles. The first kappa shape index (κ1) is 11.1. The fraction of sp³-hybridized carbons (Fsp3) is 0.375. The third-order valence-corrected chi connectivity index (χ3v) is 2.61. The van der Waals surface area contributed by atoms with Gasteiger partial charge < -0.3 is 11.5 Å². The molecule has 3 atom stereocenters. The Bertz CT molecular complexity index is 416. The van der Waals surface area contributed by atoms with Crippen molar-refractivity contribution in [3.05, 3.63) is 18.7 Å². The van der Waals surface area contributed by atoms with Crippen LogP contribution >= 0.6 is 11.6 Å². The average molecular weight is 243 g/mol. The van der Waals surface area contributed by atoms with Gasteiger partial charge in [-0.15, -0.1) is 11.6 Å². The first-order valence-electron chi connectivity index (χ1n) is 4.60. The molecule has 0 aliphatic carbocycles. The van der Waals surface area contributed by atoms with E-state index in [1.54, 1.807) is 0 Å². The van der Waals surface area contributed by atoms with E-state index < -0.39 is 17.7 Å². The summed E-state index contributed by atoms with van der Waals surface area (Å²) in [5.41, 5.74) is 10.6. The number of carbonyl (C=O) groups excluding carboxylic acids is 1. The van der Waals surface area contributed by atoms with Gasteiger partial charge in [0.05, 0.1) is 0 Å². The molecule has 0 amide bonds. The van der Waals surface area contributed by atoms with Crippen LogP contribution in [0.2, 0.25) is 0 Å². The number of hydrogen-bond acceptors (Lipinski definition) is 6. The van der Waals surface area contributed by atoms with Crippen LogP contribution in [-0.2, 0) is 0 Å². The molecule has 0 fully saturated rings. The van der Waals surface area contributed by atoms with E-state index in [9.17, 15) is 4.79 Å². The maximum atomic E-state index is 11.9. The van der Waals surface area contributed by atoms with Crippen LogP contribution in [0.15, 0.2) is 23.7 Å². The number of rotatable bonds is 1. The van der Waals surface area contributed by atoms with Crippen molar-refractivity contribution in [1.82, 2.24) is 14.9 Å². The highest BCUT2D eigenvalue weighted by molar-refractivity contribution is 6.22. The van der Waals surface area contributed by atoms with Gasteiger partial charge in [-0.1, -0.05) is 0 Å². The van der Waals surface area contributed by atoms with Gasteiger partial charge in [0.1, 0.15) is 29.9 Å². The monoisotopic (exact) mass is 242 g/mol. The lowest BCUT2D eigenvalue weighted by Crippen LogP contribution is -2.59. The van der Waals surface area contributed by atoms with Crippen molar-refractivity contribution >= 4 is 23.3 Å². The lowest BCUT2D eigenvalue weighted by molar-refractivity contribution is 0.0883. The molecule has 1 aliphatic heterocycles. The third kappa shape index (κ3) is 1.92. The summed E-state index contributed by atoms with van der Waals surface area (Å²) in [4.78, 5) is 19.6. The van der Waals surface area contributed by atoms with Gasteiger partial charge >= 0.3 is 0 Å². The second-order valence-corrected chi connectivity index (χ2v) is 3.82. The van der Waals surface area contributed by atoms with Crippen molar-refractivity contribution in [3.8, 4) is 0 Å². The Hall–Kier alpha value is -1.44. The van der Waals surface area contributed by atoms with E-state index in [0.717, 1.165) is 0 Å². The molecule has 16 heavy (non-hydrogen) atoms. The summed E-state index contributed by atoms with van der Waals surface area (Å²) in [6.45, 7) is 0. The highest BCUT2D eigenvalue weighted by Gasteiger charge is 2.32. The highest BCUT2D eigenvalue weighted by atomic mass is 35.5. The quantitative estimate of drug-likeness (QED) is 0.419. The molecule has 2 rings (SSSR count). The molecule has 86 valence electrons. The van der Waals surface area contributed by atoms with Crippen molar-refractivity contribution in [2.75, 3.05) is 0 Å². The topological polar surface area (TPSA) is 111 Å². The molecule has 1 aliphatic rings. The van der Waals surface area contributed by atoms with Crippen molar-refractivity contribution in [3.63, 3.8) is 0 Å². The lowest BCUT2D eigenvalue weighted by Gasteiger charge is -2.28. The minimum Gasteiger partial charge on any atom is -0.386 e. The van der Waals surface area contributed by atoms with E-state index in [2.05, 4.69) is 15.3 Å². The van der Waals surface area contributed by atoms with E-state index in [1.807, 2.05) is 0 Å². The Kier molecular flexibility index (Phi) is 2.90. The molecule has 0 radical (unpaired) electrons. The number of nitrogens with zero attached hydrogens (tertiary/aromatic N) is 3. The Morgan fingerprint density at radius 1 is 1.62 bits per heavy atom. The number of nitrogens with one attached hydrogen (secondary N) is 1. The molecular weight excluding hydrogens is 232 g/mol. The van der Waals surface area contributed by atoms with E-state index in [4.69, 9.17) is 23.1 Å². The molecule has 1 aromatic rings. The molecule has 0 spiro atoms.